The van der Waals surface area contributed by atoms with Crippen molar-refractivity contribution in [3.63, 3.8) is 0 Å². The molecule has 0 atom stereocenters. The lowest BCUT2D eigenvalue weighted by molar-refractivity contribution is 1.49. The van der Waals surface area contributed by atoms with Crippen molar-refractivity contribution in [1.29, 1.82) is 0 Å². The van der Waals surface area contributed by atoms with Crippen LogP contribution in [0.1, 0.15) is 5.56 Å². The van der Waals surface area contributed by atoms with Crippen molar-refractivity contribution >= 4 is 60.3 Å². The van der Waals surface area contributed by atoms with Gasteiger partial charge in [-0.05, 0) is 33.7 Å². The van der Waals surface area contributed by atoms with E-state index < -0.39 is 8.07 Å². The minimum atomic E-state index is -2.54. The molecular formula is C31H24SSi. The fraction of sp³-hybridized carbons (Fsp3) is 0.0323. The Bertz CT molecular complexity index is 1510. The maximum atomic E-state index is 2.39. The maximum Gasteiger partial charge on any atom is 0.181 e. The molecule has 5 aromatic carbocycles. The monoisotopic (exact) mass is 456 g/mol. The van der Waals surface area contributed by atoms with Crippen LogP contribution in [-0.2, 0) is 0 Å². The molecule has 0 unspecified atom stereocenters. The van der Waals surface area contributed by atoms with Crippen LogP contribution in [0.5, 0.6) is 0 Å². The standard InChI is InChI=1S/C31H24SSi/c1-23-19-21-26(22-20-23)33(24-11-4-2-5-12-24,25-13-6-3-7-14-25)30-18-10-16-28-27-15-8-9-17-29(27)32-31(28)30/h2-22H,1H3. The SMILES string of the molecule is Cc1ccc([Si](c2ccccc2)(c2ccccc2)c2cccc3c2sc2ccccc23)cc1. The highest BCUT2D eigenvalue weighted by molar-refractivity contribution is 7.30. The van der Waals surface area contributed by atoms with E-state index in [9.17, 15) is 0 Å². The highest BCUT2D eigenvalue weighted by Crippen LogP contribution is 2.33. The second kappa shape index (κ2) is 8.15. The zero-order valence-corrected chi connectivity index (χ0v) is 20.3. The molecular weight excluding hydrogens is 432 g/mol. The predicted octanol–water partition coefficient (Wildman–Crippen LogP) is 5.74. The molecule has 158 valence electrons. The summed E-state index contributed by atoms with van der Waals surface area (Å²) < 4.78 is 2.77. The van der Waals surface area contributed by atoms with Gasteiger partial charge in [0.15, 0.2) is 8.07 Å². The Hall–Kier alpha value is -3.46. The van der Waals surface area contributed by atoms with Gasteiger partial charge in [-0.2, -0.15) is 0 Å². The number of aryl methyl sites for hydroxylation is 1. The van der Waals surface area contributed by atoms with E-state index in [-0.39, 0.29) is 0 Å². The van der Waals surface area contributed by atoms with Crippen molar-refractivity contribution in [1.82, 2.24) is 0 Å². The summed E-state index contributed by atoms with van der Waals surface area (Å²) in [6.45, 7) is 2.17. The average molecular weight is 457 g/mol. The Morgan fingerprint density at radius 2 is 1.03 bits per heavy atom. The first-order valence-corrected chi connectivity index (χ1v) is 14.2. The molecule has 0 aliphatic carbocycles. The third kappa shape index (κ3) is 3.18. The molecule has 0 bridgehead atoms. The first-order valence-electron chi connectivity index (χ1n) is 11.4. The number of rotatable bonds is 4. The van der Waals surface area contributed by atoms with Crippen molar-refractivity contribution < 1.29 is 0 Å². The molecule has 0 radical (unpaired) electrons. The van der Waals surface area contributed by atoms with Crippen LogP contribution in [-0.4, -0.2) is 8.07 Å². The summed E-state index contributed by atoms with van der Waals surface area (Å²) in [7, 11) is -2.54. The second-order valence-electron chi connectivity index (χ2n) is 8.63. The van der Waals surface area contributed by atoms with Crippen LogP contribution in [0, 0.1) is 6.92 Å². The van der Waals surface area contributed by atoms with Gasteiger partial charge in [-0.25, -0.2) is 0 Å². The topological polar surface area (TPSA) is 0 Å². The van der Waals surface area contributed by atoms with Crippen molar-refractivity contribution in [2.75, 3.05) is 0 Å². The number of benzene rings is 5. The van der Waals surface area contributed by atoms with Crippen LogP contribution >= 0.6 is 11.3 Å². The zero-order valence-electron chi connectivity index (χ0n) is 18.5. The molecule has 0 nitrogen and oxygen atoms in total. The molecule has 0 N–H and O–H groups in total. The molecule has 1 aromatic heterocycles. The van der Waals surface area contributed by atoms with Gasteiger partial charge in [0, 0.05) is 20.2 Å². The summed E-state index contributed by atoms with van der Waals surface area (Å²) in [6.07, 6.45) is 0. The van der Waals surface area contributed by atoms with Crippen LogP contribution in [0.3, 0.4) is 0 Å². The summed E-state index contributed by atoms with van der Waals surface area (Å²) in [5, 5.41) is 8.46. The smallest absolute Gasteiger partial charge is 0.135 e. The van der Waals surface area contributed by atoms with Gasteiger partial charge in [0.25, 0.3) is 0 Å². The summed E-state index contributed by atoms with van der Waals surface area (Å²) in [6, 6.07) is 47.4. The van der Waals surface area contributed by atoms with Crippen LogP contribution in [0.15, 0.2) is 127 Å². The molecule has 0 aliphatic rings. The molecule has 33 heavy (non-hydrogen) atoms. The number of fused-ring (bicyclic) bond motifs is 3. The fourth-order valence-corrected chi connectivity index (χ4v) is 11.7. The van der Waals surface area contributed by atoms with Crippen molar-refractivity contribution in [3.05, 3.63) is 133 Å². The van der Waals surface area contributed by atoms with E-state index in [2.05, 4.69) is 134 Å². The first kappa shape index (κ1) is 20.2. The lowest BCUT2D eigenvalue weighted by Gasteiger charge is -2.34. The molecule has 0 aliphatic heterocycles. The lowest BCUT2D eigenvalue weighted by atomic mass is 10.1. The Balaban J connectivity index is 1.82. The van der Waals surface area contributed by atoms with Gasteiger partial charge in [0.1, 0.15) is 0 Å². The van der Waals surface area contributed by atoms with Crippen LogP contribution in [0.2, 0.25) is 0 Å². The summed E-state index contributed by atoms with van der Waals surface area (Å²) in [5.74, 6) is 0. The lowest BCUT2D eigenvalue weighted by Crippen LogP contribution is -2.74. The highest BCUT2D eigenvalue weighted by atomic mass is 32.1. The molecule has 0 spiro atoms. The van der Waals surface area contributed by atoms with Gasteiger partial charge in [0.2, 0.25) is 0 Å². The van der Waals surface area contributed by atoms with E-state index >= 15 is 0 Å². The Labute approximate surface area is 199 Å². The maximum absolute atomic E-state index is 2.54. The Morgan fingerprint density at radius 3 is 1.70 bits per heavy atom. The number of hydrogen-bond acceptors (Lipinski definition) is 1. The van der Waals surface area contributed by atoms with Crippen LogP contribution < -0.4 is 20.7 Å². The quantitative estimate of drug-likeness (QED) is 0.234. The van der Waals surface area contributed by atoms with Crippen LogP contribution in [0.25, 0.3) is 20.2 Å². The first-order chi connectivity index (χ1) is 16.3. The van der Waals surface area contributed by atoms with Gasteiger partial charge in [-0.15, -0.1) is 11.3 Å². The van der Waals surface area contributed by atoms with E-state index in [1.165, 1.54) is 46.5 Å². The molecule has 6 aromatic rings. The van der Waals surface area contributed by atoms with Gasteiger partial charge >= 0.3 is 0 Å². The molecule has 1 heterocycles. The molecule has 0 fully saturated rings. The van der Waals surface area contributed by atoms with E-state index in [0.29, 0.717) is 0 Å². The largest absolute Gasteiger partial charge is 0.181 e. The van der Waals surface area contributed by atoms with Gasteiger partial charge in [0.05, 0.1) is 0 Å². The summed E-state index contributed by atoms with van der Waals surface area (Å²) in [5.41, 5.74) is 1.29. The van der Waals surface area contributed by atoms with E-state index in [4.69, 9.17) is 0 Å². The fourth-order valence-electron chi connectivity index (χ4n) is 5.19. The third-order valence-corrected chi connectivity index (χ3v) is 12.9. The van der Waals surface area contributed by atoms with Crippen LogP contribution in [0.4, 0.5) is 0 Å². The highest BCUT2D eigenvalue weighted by Gasteiger charge is 2.42. The number of hydrogen-bond donors (Lipinski definition) is 0. The predicted molar refractivity (Wildman–Crippen MR) is 148 cm³/mol. The molecule has 2 heteroatoms. The van der Waals surface area contributed by atoms with E-state index in [1.54, 1.807) is 0 Å². The molecule has 6 rings (SSSR count). The zero-order chi connectivity index (χ0) is 22.3. The van der Waals surface area contributed by atoms with Crippen molar-refractivity contribution in [3.8, 4) is 0 Å². The van der Waals surface area contributed by atoms with E-state index in [0.717, 1.165) is 0 Å². The van der Waals surface area contributed by atoms with Gasteiger partial charge in [-0.1, -0.05) is 127 Å². The second-order valence-corrected chi connectivity index (χ2v) is 13.5. The minimum Gasteiger partial charge on any atom is -0.135 e. The average Bonchev–Trinajstić information content (AvgIpc) is 3.26. The van der Waals surface area contributed by atoms with Gasteiger partial charge in [-0.3, -0.25) is 0 Å². The Morgan fingerprint density at radius 1 is 0.485 bits per heavy atom. The Kier molecular flexibility index (Phi) is 4.98. The van der Waals surface area contributed by atoms with Gasteiger partial charge < -0.3 is 0 Å². The minimum absolute atomic E-state index is 1.29. The summed E-state index contributed by atoms with van der Waals surface area (Å²) in [4.78, 5) is 0. The summed E-state index contributed by atoms with van der Waals surface area (Å²) >= 11 is 1.94. The normalized spacial score (nSPS) is 11.8. The molecule has 0 saturated carbocycles. The van der Waals surface area contributed by atoms with Crippen molar-refractivity contribution in [2.45, 2.75) is 6.92 Å². The third-order valence-electron chi connectivity index (χ3n) is 6.71. The molecule has 0 amide bonds. The number of thiophene rings is 1. The van der Waals surface area contributed by atoms with E-state index in [1.807, 2.05) is 11.3 Å². The van der Waals surface area contributed by atoms with Crippen molar-refractivity contribution in [2.24, 2.45) is 0 Å². The molecule has 0 saturated heterocycles.